The van der Waals surface area contributed by atoms with Crippen LogP contribution in [0.4, 0.5) is 0 Å². The Bertz CT molecular complexity index is 493. The lowest BCUT2D eigenvalue weighted by molar-refractivity contribution is 0.481. The molecule has 0 fully saturated rings. The summed E-state index contributed by atoms with van der Waals surface area (Å²) in [5.41, 5.74) is 2.02. The number of aromatic amines is 1. The van der Waals surface area contributed by atoms with E-state index in [1.165, 1.54) is 0 Å². The summed E-state index contributed by atoms with van der Waals surface area (Å²) in [5.74, 6) is 0.173. The van der Waals surface area contributed by atoms with Gasteiger partial charge in [-0.25, -0.2) is 0 Å². The second-order valence-electron chi connectivity index (χ2n) is 3.74. The molecule has 0 bridgehead atoms. The first-order valence-corrected chi connectivity index (χ1v) is 5.80. The molecule has 0 atom stereocenters. The van der Waals surface area contributed by atoms with E-state index in [9.17, 15) is 5.11 Å². The number of likely N-dealkylation sites (N-methyl/N-ethyl adjacent to an activating group) is 1. The fourth-order valence-electron chi connectivity index (χ4n) is 1.85. The van der Waals surface area contributed by atoms with Crippen LogP contribution in [0.5, 0.6) is 5.75 Å². The highest BCUT2D eigenvalue weighted by Gasteiger charge is 2.10. The van der Waals surface area contributed by atoms with Gasteiger partial charge in [0.05, 0.1) is 5.02 Å². The van der Waals surface area contributed by atoms with E-state index in [0.29, 0.717) is 5.02 Å². The third-order valence-corrected chi connectivity index (χ3v) is 2.98. The number of hydrogen-bond donors (Lipinski definition) is 3. The van der Waals surface area contributed by atoms with Crippen molar-refractivity contribution >= 4 is 22.5 Å². The molecule has 0 saturated heterocycles. The van der Waals surface area contributed by atoms with Crippen LogP contribution < -0.4 is 5.32 Å². The molecule has 1 heterocycles. The van der Waals surface area contributed by atoms with Gasteiger partial charge in [0.2, 0.25) is 0 Å². The lowest BCUT2D eigenvalue weighted by Crippen LogP contribution is -2.15. The second-order valence-corrected chi connectivity index (χ2v) is 4.14. The van der Waals surface area contributed by atoms with Gasteiger partial charge in [-0.2, -0.15) is 0 Å². The zero-order chi connectivity index (χ0) is 11.5. The highest BCUT2D eigenvalue weighted by atomic mass is 35.5. The molecule has 0 unspecified atom stereocenters. The summed E-state index contributed by atoms with van der Waals surface area (Å²) in [6.07, 6.45) is 2.81. The standard InChI is InChI=1S/C12H15ClN2O/c1-2-14-6-5-8-7-15-10-4-3-9(13)12(16)11(8)10/h3-4,7,14-16H,2,5-6H2,1H3. The monoisotopic (exact) mass is 238 g/mol. The van der Waals surface area contributed by atoms with Gasteiger partial charge < -0.3 is 15.4 Å². The van der Waals surface area contributed by atoms with Crippen LogP contribution >= 0.6 is 11.6 Å². The third-order valence-electron chi connectivity index (χ3n) is 2.67. The van der Waals surface area contributed by atoms with Gasteiger partial charge in [-0.3, -0.25) is 0 Å². The molecular formula is C12H15ClN2O. The fraction of sp³-hybridized carbons (Fsp3) is 0.333. The van der Waals surface area contributed by atoms with E-state index in [0.717, 1.165) is 36.0 Å². The van der Waals surface area contributed by atoms with Crippen molar-refractivity contribution in [1.82, 2.24) is 10.3 Å². The number of nitrogens with one attached hydrogen (secondary N) is 2. The van der Waals surface area contributed by atoms with Crippen LogP contribution in [0, 0.1) is 0 Å². The van der Waals surface area contributed by atoms with Crippen LogP contribution in [0.25, 0.3) is 10.9 Å². The van der Waals surface area contributed by atoms with Gasteiger partial charge in [0.1, 0.15) is 5.75 Å². The summed E-state index contributed by atoms with van der Waals surface area (Å²) in [4.78, 5) is 3.14. The van der Waals surface area contributed by atoms with Crippen molar-refractivity contribution in [2.45, 2.75) is 13.3 Å². The first kappa shape index (κ1) is 11.3. The van der Waals surface area contributed by atoms with Gasteiger partial charge in [0, 0.05) is 17.1 Å². The number of aromatic hydroxyl groups is 1. The van der Waals surface area contributed by atoms with E-state index in [1.54, 1.807) is 6.07 Å². The van der Waals surface area contributed by atoms with Crippen LogP contribution in [0.2, 0.25) is 5.02 Å². The molecule has 1 aromatic heterocycles. The van der Waals surface area contributed by atoms with E-state index in [-0.39, 0.29) is 5.75 Å². The van der Waals surface area contributed by atoms with Gasteiger partial charge in [-0.05, 0) is 37.2 Å². The zero-order valence-corrected chi connectivity index (χ0v) is 9.93. The van der Waals surface area contributed by atoms with Crippen LogP contribution in [-0.4, -0.2) is 23.2 Å². The summed E-state index contributed by atoms with van der Waals surface area (Å²) in [7, 11) is 0. The van der Waals surface area contributed by atoms with Gasteiger partial charge in [-0.15, -0.1) is 0 Å². The van der Waals surface area contributed by atoms with Crippen LogP contribution in [0.3, 0.4) is 0 Å². The molecule has 0 aliphatic carbocycles. The minimum Gasteiger partial charge on any atom is -0.506 e. The van der Waals surface area contributed by atoms with Gasteiger partial charge in [0.15, 0.2) is 0 Å². The van der Waals surface area contributed by atoms with E-state index in [2.05, 4.69) is 17.2 Å². The highest BCUT2D eigenvalue weighted by Crippen LogP contribution is 2.34. The first-order valence-electron chi connectivity index (χ1n) is 5.42. The summed E-state index contributed by atoms with van der Waals surface area (Å²) in [6.45, 7) is 3.92. The van der Waals surface area contributed by atoms with Crippen molar-refractivity contribution in [2.24, 2.45) is 0 Å². The average molecular weight is 239 g/mol. The number of aromatic nitrogens is 1. The molecule has 0 aliphatic rings. The number of fused-ring (bicyclic) bond motifs is 1. The quantitative estimate of drug-likeness (QED) is 0.718. The van der Waals surface area contributed by atoms with E-state index < -0.39 is 0 Å². The Balaban J connectivity index is 2.35. The number of H-pyrrole nitrogens is 1. The largest absolute Gasteiger partial charge is 0.506 e. The fourth-order valence-corrected chi connectivity index (χ4v) is 2.00. The van der Waals surface area contributed by atoms with Crippen molar-refractivity contribution < 1.29 is 5.11 Å². The average Bonchev–Trinajstić information content (AvgIpc) is 2.68. The van der Waals surface area contributed by atoms with E-state index in [4.69, 9.17) is 11.6 Å². The number of benzene rings is 1. The minimum atomic E-state index is 0.173. The predicted molar refractivity (Wildman–Crippen MR) is 67.2 cm³/mol. The van der Waals surface area contributed by atoms with E-state index >= 15 is 0 Å². The van der Waals surface area contributed by atoms with Gasteiger partial charge in [0.25, 0.3) is 0 Å². The Labute approximate surface area is 99.4 Å². The maximum atomic E-state index is 9.91. The molecule has 16 heavy (non-hydrogen) atoms. The Morgan fingerprint density at radius 3 is 3.00 bits per heavy atom. The summed E-state index contributed by atoms with van der Waals surface area (Å²) < 4.78 is 0. The second kappa shape index (κ2) is 4.76. The molecule has 86 valence electrons. The molecule has 1 aromatic carbocycles. The number of phenols is 1. The minimum absolute atomic E-state index is 0.173. The van der Waals surface area contributed by atoms with Crippen molar-refractivity contribution in [2.75, 3.05) is 13.1 Å². The molecule has 0 aliphatic heterocycles. The van der Waals surface area contributed by atoms with Gasteiger partial charge >= 0.3 is 0 Å². The van der Waals surface area contributed by atoms with Crippen LogP contribution in [-0.2, 0) is 6.42 Å². The number of phenolic OH excluding ortho intramolecular Hbond substituents is 1. The van der Waals surface area contributed by atoms with Crippen molar-refractivity contribution in [1.29, 1.82) is 0 Å². The Hall–Kier alpha value is -1.19. The predicted octanol–water partition coefficient (Wildman–Crippen LogP) is 2.68. The molecule has 0 spiro atoms. The Kier molecular flexibility index (Phi) is 3.36. The third kappa shape index (κ3) is 2.01. The molecule has 0 radical (unpaired) electrons. The van der Waals surface area contributed by atoms with E-state index in [1.807, 2.05) is 12.3 Å². The number of rotatable bonds is 4. The van der Waals surface area contributed by atoms with Crippen molar-refractivity contribution in [3.05, 3.63) is 28.9 Å². The van der Waals surface area contributed by atoms with Gasteiger partial charge in [-0.1, -0.05) is 18.5 Å². The molecule has 4 heteroatoms. The van der Waals surface area contributed by atoms with Crippen molar-refractivity contribution in [3.8, 4) is 5.75 Å². The maximum absolute atomic E-state index is 9.91. The Morgan fingerprint density at radius 2 is 2.25 bits per heavy atom. The molecular weight excluding hydrogens is 224 g/mol. The van der Waals surface area contributed by atoms with Crippen LogP contribution in [0.1, 0.15) is 12.5 Å². The summed E-state index contributed by atoms with van der Waals surface area (Å²) >= 11 is 5.90. The molecule has 3 nitrogen and oxygen atoms in total. The van der Waals surface area contributed by atoms with Crippen LogP contribution in [0.15, 0.2) is 18.3 Å². The lowest BCUT2D eigenvalue weighted by atomic mass is 10.1. The molecule has 0 saturated carbocycles. The molecule has 0 amide bonds. The zero-order valence-electron chi connectivity index (χ0n) is 9.18. The molecule has 2 rings (SSSR count). The summed E-state index contributed by atoms with van der Waals surface area (Å²) in [6, 6.07) is 3.58. The first-order chi connectivity index (χ1) is 7.74. The number of halogens is 1. The molecule has 3 N–H and O–H groups in total. The smallest absolute Gasteiger partial charge is 0.143 e. The maximum Gasteiger partial charge on any atom is 0.143 e. The van der Waals surface area contributed by atoms with Crippen molar-refractivity contribution in [3.63, 3.8) is 0 Å². The SMILES string of the molecule is CCNCCc1c[nH]c2ccc(Cl)c(O)c12. The molecule has 2 aromatic rings. The summed E-state index contributed by atoms with van der Waals surface area (Å²) in [5, 5.41) is 14.4. The normalized spacial score (nSPS) is 11.1. The Morgan fingerprint density at radius 1 is 1.44 bits per heavy atom. The topological polar surface area (TPSA) is 48.0 Å². The lowest BCUT2D eigenvalue weighted by Gasteiger charge is -2.03. The highest BCUT2D eigenvalue weighted by molar-refractivity contribution is 6.33. The number of hydrogen-bond acceptors (Lipinski definition) is 2.